The SMILES string of the molecule is Cc1cc(-c2c(F)cc(N3C[C@@H](C)O[C@@H](C)C3)c(F)c2CNC(=O)CC2CC2)cc(C)n1. The zero-order valence-corrected chi connectivity index (χ0v) is 19.2. The van der Waals surface area contributed by atoms with Gasteiger partial charge in [-0.3, -0.25) is 9.78 Å². The van der Waals surface area contributed by atoms with E-state index in [2.05, 4.69) is 10.3 Å². The molecule has 7 heteroatoms. The number of rotatable bonds is 6. The zero-order valence-electron chi connectivity index (χ0n) is 19.2. The van der Waals surface area contributed by atoms with Crippen molar-refractivity contribution in [2.45, 2.75) is 65.7 Å². The van der Waals surface area contributed by atoms with Gasteiger partial charge in [0, 0.05) is 54.6 Å². The van der Waals surface area contributed by atoms with Crippen LogP contribution in [0.5, 0.6) is 0 Å². The Morgan fingerprint density at radius 2 is 1.75 bits per heavy atom. The monoisotopic (exact) mass is 443 g/mol. The molecule has 1 aromatic heterocycles. The lowest BCUT2D eigenvalue weighted by molar-refractivity contribution is -0.121. The van der Waals surface area contributed by atoms with Gasteiger partial charge in [0.1, 0.15) is 5.82 Å². The normalized spacial score (nSPS) is 21.0. The van der Waals surface area contributed by atoms with Gasteiger partial charge in [-0.2, -0.15) is 0 Å². The molecular formula is C25H31F2N3O2. The van der Waals surface area contributed by atoms with Crippen LogP contribution < -0.4 is 10.2 Å². The van der Waals surface area contributed by atoms with E-state index in [0.717, 1.165) is 24.2 Å². The fourth-order valence-corrected chi connectivity index (χ4v) is 4.57. The Morgan fingerprint density at radius 1 is 1.12 bits per heavy atom. The lowest BCUT2D eigenvalue weighted by Crippen LogP contribution is -2.46. The maximum atomic E-state index is 15.9. The molecule has 172 valence electrons. The summed E-state index contributed by atoms with van der Waals surface area (Å²) in [5.41, 5.74) is 2.57. The van der Waals surface area contributed by atoms with Crippen LogP contribution in [-0.4, -0.2) is 36.2 Å². The molecule has 1 amide bonds. The number of amides is 1. The summed E-state index contributed by atoms with van der Waals surface area (Å²) < 4.78 is 37.3. The van der Waals surface area contributed by atoms with Gasteiger partial charge in [-0.25, -0.2) is 8.78 Å². The maximum absolute atomic E-state index is 15.9. The molecule has 1 aromatic carbocycles. The first-order valence-electron chi connectivity index (χ1n) is 11.3. The summed E-state index contributed by atoms with van der Waals surface area (Å²) in [7, 11) is 0. The molecule has 1 saturated carbocycles. The lowest BCUT2D eigenvalue weighted by Gasteiger charge is -2.37. The first-order chi connectivity index (χ1) is 15.2. The molecule has 0 radical (unpaired) electrons. The van der Waals surface area contributed by atoms with Gasteiger partial charge < -0.3 is 15.0 Å². The van der Waals surface area contributed by atoms with E-state index in [1.54, 1.807) is 12.1 Å². The van der Waals surface area contributed by atoms with E-state index in [1.807, 2.05) is 32.6 Å². The van der Waals surface area contributed by atoms with E-state index in [1.165, 1.54) is 6.07 Å². The van der Waals surface area contributed by atoms with Crippen molar-refractivity contribution >= 4 is 11.6 Å². The minimum atomic E-state index is -0.510. The molecule has 2 aliphatic rings. The summed E-state index contributed by atoms with van der Waals surface area (Å²) in [6, 6.07) is 4.77. The van der Waals surface area contributed by atoms with Gasteiger partial charge in [-0.05, 0) is 64.2 Å². The van der Waals surface area contributed by atoms with E-state index in [-0.39, 0.29) is 41.5 Å². The standard InChI is InChI=1S/C25H31F2N3O2/c1-14-7-19(8-15(2)29-14)24-20(11-28-23(31)9-18-5-6-18)25(27)22(10-21(24)26)30-12-16(3)32-17(4)13-30/h7-8,10,16-18H,5-6,9,11-13H2,1-4H3,(H,28,31)/t16-,17+. The molecule has 0 bridgehead atoms. The third kappa shape index (κ3) is 5.09. The van der Waals surface area contributed by atoms with Gasteiger partial charge in [-0.15, -0.1) is 0 Å². The number of anilines is 1. The molecule has 1 aliphatic carbocycles. The number of morpholine rings is 1. The minimum Gasteiger partial charge on any atom is -0.372 e. The number of halogens is 2. The molecular weight excluding hydrogens is 412 g/mol. The van der Waals surface area contributed by atoms with E-state index in [9.17, 15) is 4.79 Å². The molecule has 0 unspecified atom stereocenters. The number of aryl methyl sites for hydroxylation is 2. The van der Waals surface area contributed by atoms with E-state index < -0.39 is 11.6 Å². The third-order valence-corrected chi connectivity index (χ3v) is 6.06. The van der Waals surface area contributed by atoms with Gasteiger partial charge in [-0.1, -0.05) is 0 Å². The Kier molecular flexibility index (Phi) is 6.47. The highest BCUT2D eigenvalue weighted by molar-refractivity contribution is 5.78. The Labute approximate surface area is 188 Å². The van der Waals surface area contributed by atoms with Crippen molar-refractivity contribution in [3.05, 3.63) is 46.8 Å². The van der Waals surface area contributed by atoms with Crippen LogP contribution in [0.15, 0.2) is 18.2 Å². The second-order valence-corrected chi connectivity index (χ2v) is 9.27. The molecule has 5 nitrogen and oxygen atoms in total. The lowest BCUT2D eigenvalue weighted by atomic mass is 9.96. The smallest absolute Gasteiger partial charge is 0.220 e. The highest BCUT2D eigenvalue weighted by Gasteiger charge is 2.29. The molecule has 4 rings (SSSR count). The van der Waals surface area contributed by atoms with Crippen molar-refractivity contribution in [3.63, 3.8) is 0 Å². The average Bonchev–Trinajstić information content (AvgIpc) is 3.50. The first-order valence-corrected chi connectivity index (χ1v) is 11.3. The van der Waals surface area contributed by atoms with E-state index in [4.69, 9.17) is 4.74 Å². The van der Waals surface area contributed by atoms with Crippen molar-refractivity contribution in [2.24, 2.45) is 5.92 Å². The molecule has 2 aromatic rings. The summed E-state index contributed by atoms with van der Waals surface area (Å²) in [5, 5.41) is 2.82. The fraction of sp³-hybridized carbons (Fsp3) is 0.520. The number of hydrogen-bond donors (Lipinski definition) is 1. The highest BCUT2D eigenvalue weighted by Crippen LogP contribution is 2.36. The Morgan fingerprint density at radius 3 is 2.34 bits per heavy atom. The van der Waals surface area contributed by atoms with Crippen LogP contribution in [0.2, 0.25) is 0 Å². The van der Waals surface area contributed by atoms with Gasteiger partial charge in [0.2, 0.25) is 5.91 Å². The molecule has 1 aliphatic heterocycles. The van der Waals surface area contributed by atoms with Crippen molar-refractivity contribution < 1.29 is 18.3 Å². The first kappa shape index (κ1) is 22.6. The van der Waals surface area contributed by atoms with E-state index in [0.29, 0.717) is 31.0 Å². The molecule has 32 heavy (non-hydrogen) atoms. The molecule has 2 fully saturated rings. The second-order valence-electron chi connectivity index (χ2n) is 9.27. The van der Waals surface area contributed by atoms with Gasteiger partial charge in [0.25, 0.3) is 0 Å². The summed E-state index contributed by atoms with van der Waals surface area (Å²) in [6.45, 7) is 8.38. The number of pyridine rings is 1. The number of benzene rings is 1. The average molecular weight is 444 g/mol. The minimum absolute atomic E-state index is 0.0622. The molecule has 1 N–H and O–H groups in total. The number of nitrogens with zero attached hydrogens (tertiary/aromatic N) is 2. The topological polar surface area (TPSA) is 54.5 Å². The number of carbonyl (C=O) groups is 1. The van der Waals surface area contributed by atoms with Crippen LogP contribution in [0.4, 0.5) is 14.5 Å². The van der Waals surface area contributed by atoms with Gasteiger partial charge >= 0.3 is 0 Å². The number of nitrogens with one attached hydrogen (secondary N) is 1. The van der Waals surface area contributed by atoms with Crippen molar-refractivity contribution in [2.75, 3.05) is 18.0 Å². The number of carbonyl (C=O) groups excluding carboxylic acids is 1. The zero-order chi connectivity index (χ0) is 23.0. The maximum Gasteiger partial charge on any atom is 0.220 e. The van der Waals surface area contributed by atoms with Gasteiger partial charge in [0.15, 0.2) is 5.82 Å². The number of aromatic nitrogens is 1. The van der Waals surface area contributed by atoms with Crippen LogP contribution >= 0.6 is 0 Å². The summed E-state index contributed by atoms with van der Waals surface area (Å²) in [6.07, 6.45) is 2.37. The Bertz CT molecular complexity index is 992. The van der Waals surface area contributed by atoms with E-state index >= 15 is 8.78 Å². The predicted octanol–water partition coefficient (Wildman–Crippen LogP) is 4.67. The van der Waals surface area contributed by atoms with Gasteiger partial charge in [0.05, 0.1) is 17.9 Å². The quantitative estimate of drug-likeness (QED) is 0.705. The van der Waals surface area contributed by atoms with Crippen molar-refractivity contribution in [1.82, 2.24) is 10.3 Å². The Balaban J connectivity index is 1.75. The Hall–Kier alpha value is -2.54. The van der Waals surface area contributed by atoms with Crippen LogP contribution in [0.3, 0.4) is 0 Å². The highest BCUT2D eigenvalue weighted by atomic mass is 19.1. The van der Waals surface area contributed by atoms with Crippen molar-refractivity contribution in [3.8, 4) is 11.1 Å². The van der Waals surface area contributed by atoms with Crippen molar-refractivity contribution in [1.29, 1.82) is 0 Å². The summed E-state index contributed by atoms with van der Waals surface area (Å²) in [5.74, 6) is -0.713. The second kappa shape index (κ2) is 9.14. The van der Waals surface area contributed by atoms with Crippen LogP contribution in [0.25, 0.3) is 11.1 Å². The molecule has 2 heterocycles. The third-order valence-electron chi connectivity index (χ3n) is 6.06. The van der Waals surface area contributed by atoms with Crippen LogP contribution in [-0.2, 0) is 16.1 Å². The number of hydrogen-bond acceptors (Lipinski definition) is 4. The van der Waals surface area contributed by atoms with Crippen LogP contribution in [0.1, 0.15) is 50.1 Å². The molecule has 0 spiro atoms. The largest absolute Gasteiger partial charge is 0.372 e. The predicted molar refractivity (Wildman–Crippen MR) is 120 cm³/mol. The fourth-order valence-electron chi connectivity index (χ4n) is 4.57. The summed E-state index contributed by atoms with van der Waals surface area (Å²) >= 11 is 0. The number of ether oxygens (including phenoxy) is 1. The van der Waals surface area contributed by atoms with Crippen LogP contribution in [0, 0.1) is 31.4 Å². The molecule has 2 atom stereocenters. The molecule has 1 saturated heterocycles. The summed E-state index contributed by atoms with van der Waals surface area (Å²) in [4.78, 5) is 18.5.